The van der Waals surface area contributed by atoms with Crippen molar-refractivity contribution in [2.75, 3.05) is 5.75 Å². The fourth-order valence-electron chi connectivity index (χ4n) is 1.93. The zero-order valence-electron chi connectivity index (χ0n) is 8.70. The first-order valence-corrected chi connectivity index (χ1v) is 7.81. The van der Waals surface area contributed by atoms with Crippen molar-refractivity contribution >= 4 is 39.0 Å². The summed E-state index contributed by atoms with van der Waals surface area (Å²) in [5.41, 5.74) is 0. The molecule has 0 bridgehead atoms. The van der Waals surface area contributed by atoms with E-state index in [9.17, 15) is 5.11 Å². The molecule has 1 nitrogen and oxygen atoms in total. The van der Waals surface area contributed by atoms with Gasteiger partial charge in [-0.15, -0.1) is 11.3 Å². The second-order valence-electron chi connectivity index (χ2n) is 4.22. The molecular formula is C11H15BrOS2. The highest BCUT2D eigenvalue weighted by molar-refractivity contribution is 9.10. The summed E-state index contributed by atoms with van der Waals surface area (Å²) in [4.78, 5) is 1.27. The molecule has 0 aromatic carbocycles. The van der Waals surface area contributed by atoms with Crippen LogP contribution in [0.2, 0.25) is 0 Å². The van der Waals surface area contributed by atoms with Crippen molar-refractivity contribution in [3.05, 3.63) is 20.8 Å². The summed E-state index contributed by atoms with van der Waals surface area (Å²) in [5.74, 6) is 1.20. The van der Waals surface area contributed by atoms with Crippen molar-refractivity contribution in [3.8, 4) is 0 Å². The number of thioether (sulfide) groups is 1. The van der Waals surface area contributed by atoms with E-state index < -0.39 is 0 Å². The standard InChI is InChI=1S/C11H15BrOS2/c1-11(3-2-4-15-11)10(13)6-9-5-8(12)7-14-9/h5,7,10,13H,2-4,6H2,1H3. The monoisotopic (exact) mass is 306 g/mol. The van der Waals surface area contributed by atoms with Crippen LogP contribution in [0.3, 0.4) is 0 Å². The molecule has 1 aliphatic rings. The van der Waals surface area contributed by atoms with Crippen LogP contribution in [0.4, 0.5) is 0 Å². The molecule has 0 aliphatic carbocycles. The maximum Gasteiger partial charge on any atom is 0.0732 e. The largest absolute Gasteiger partial charge is 0.391 e. The first kappa shape index (κ1) is 12.0. The lowest BCUT2D eigenvalue weighted by molar-refractivity contribution is 0.134. The van der Waals surface area contributed by atoms with Gasteiger partial charge in [0.1, 0.15) is 0 Å². The van der Waals surface area contributed by atoms with Crippen LogP contribution in [0, 0.1) is 0 Å². The second kappa shape index (κ2) is 4.78. The third kappa shape index (κ3) is 2.78. The van der Waals surface area contributed by atoms with Crippen LogP contribution in [0.5, 0.6) is 0 Å². The summed E-state index contributed by atoms with van der Waals surface area (Å²) < 4.78 is 1.20. The van der Waals surface area contributed by atoms with Crippen LogP contribution >= 0.6 is 39.0 Å². The second-order valence-corrected chi connectivity index (χ2v) is 7.76. The van der Waals surface area contributed by atoms with Gasteiger partial charge in [-0.3, -0.25) is 0 Å². The highest BCUT2D eigenvalue weighted by atomic mass is 79.9. The minimum Gasteiger partial charge on any atom is -0.391 e. The molecule has 1 fully saturated rings. The molecule has 2 atom stereocenters. The molecule has 2 unspecified atom stereocenters. The van der Waals surface area contributed by atoms with E-state index in [0.717, 1.165) is 17.3 Å². The number of thiophene rings is 1. The molecular weight excluding hydrogens is 292 g/mol. The van der Waals surface area contributed by atoms with E-state index in [0.29, 0.717) is 0 Å². The van der Waals surface area contributed by atoms with Gasteiger partial charge in [0.15, 0.2) is 0 Å². The number of aliphatic hydroxyl groups excluding tert-OH is 1. The lowest BCUT2D eigenvalue weighted by atomic mass is 9.96. The molecule has 1 aromatic rings. The van der Waals surface area contributed by atoms with Gasteiger partial charge < -0.3 is 5.11 Å². The molecule has 0 spiro atoms. The van der Waals surface area contributed by atoms with Gasteiger partial charge >= 0.3 is 0 Å². The fourth-order valence-corrected chi connectivity index (χ4v) is 4.74. The Morgan fingerprint density at radius 1 is 1.67 bits per heavy atom. The molecule has 0 saturated carbocycles. The van der Waals surface area contributed by atoms with Crippen LogP contribution < -0.4 is 0 Å². The van der Waals surface area contributed by atoms with Gasteiger partial charge in [0.2, 0.25) is 0 Å². The van der Waals surface area contributed by atoms with Crippen molar-refractivity contribution < 1.29 is 5.11 Å². The average Bonchev–Trinajstić information content (AvgIpc) is 2.76. The molecule has 1 aromatic heterocycles. The summed E-state index contributed by atoms with van der Waals surface area (Å²) in [5, 5.41) is 12.3. The van der Waals surface area contributed by atoms with E-state index in [1.807, 2.05) is 11.8 Å². The van der Waals surface area contributed by atoms with Crippen molar-refractivity contribution in [3.63, 3.8) is 0 Å². The zero-order chi connectivity index (χ0) is 10.9. The van der Waals surface area contributed by atoms with Gasteiger partial charge in [-0.1, -0.05) is 0 Å². The lowest BCUT2D eigenvalue weighted by Crippen LogP contribution is -2.35. The molecule has 1 N–H and O–H groups in total. The number of hydrogen-bond donors (Lipinski definition) is 1. The summed E-state index contributed by atoms with van der Waals surface area (Å²) in [7, 11) is 0. The topological polar surface area (TPSA) is 20.2 Å². The van der Waals surface area contributed by atoms with Gasteiger partial charge in [0.05, 0.1) is 6.10 Å². The molecule has 2 rings (SSSR count). The Kier molecular flexibility index (Phi) is 3.81. The van der Waals surface area contributed by atoms with E-state index in [1.54, 1.807) is 11.3 Å². The number of halogens is 1. The van der Waals surface area contributed by atoms with Gasteiger partial charge in [-0.05, 0) is 47.5 Å². The Morgan fingerprint density at radius 3 is 3.00 bits per heavy atom. The van der Waals surface area contributed by atoms with Gasteiger partial charge in [0, 0.05) is 25.9 Å². The number of aliphatic hydroxyl groups is 1. The quantitative estimate of drug-likeness (QED) is 0.919. The maximum absolute atomic E-state index is 10.2. The Balaban J connectivity index is 1.99. The molecule has 84 valence electrons. The van der Waals surface area contributed by atoms with E-state index in [4.69, 9.17) is 0 Å². The number of rotatable bonds is 3. The molecule has 2 heterocycles. The average molecular weight is 307 g/mol. The molecule has 0 radical (unpaired) electrons. The lowest BCUT2D eigenvalue weighted by Gasteiger charge is -2.28. The van der Waals surface area contributed by atoms with Crippen LogP contribution in [-0.2, 0) is 6.42 Å². The number of hydrogen-bond acceptors (Lipinski definition) is 3. The van der Waals surface area contributed by atoms with Crippen molar-refractivity contribution in [1.82, 2.24) is 0 Å². The van der Waals surface area contributed by atoms with E-state index in [2.05, 4.69) is 34.3 Å². The van der Waals surface area contributed by atoms with Crippen molar-refractivity contribution in [2.45, 2.75) is 37.0 Å². The van der Waals surface area contributed by atoms with Gasteiger partial charge in [-0.25, -0.2) is 0 Å². The molecule has 1 aliphatic heterocycles. The normalized spacial score (nSPS) is 28.2. The minimum atomic E-state index is -0.212. The van der Waals surface area contributed by atoms with Gasteiger partial charge in [0.25, 0.3) is 0 Å². The first-order chi connectivity index (χ1) is 7.10. The third-order valence-electron chi connectivity index (χ3n) is 2.97. The Morgan fingerprint density at radius 2 is 2.47 bits per heavy atom. The summed E-state index contributed by atoms with van der Waals surface area (Å²) in [6.07, 6.45) is 2.97. The summed E-state index contributed by atoms with van der Waals surface area (Å²) in [6, 6.07) is 2.11. The molecule has 1 saturated heterocycles. The Bertz CT molecular complexity index is 331. The highest BCUT2D eigenvalue weighted by Crippen LogP contribution is 2.41. The van der Waals surface area contributed by atoms with Crippen LogP contribution in [0.25, 0.3) is 0 Å². The fraction of sp³-hybridized carbons (Fsp3) is 0.636. The maximum atomic E-state index is 10.2. The predicted octanol–water partition coefficient (Wildman–Crippen LogP) is 3.70. The van der Waals surface area contributed by atoms with E-state index in [1.165, 1.54) is 17.1 Å². The Hall–Kier alpha value is 0.490. The van der Waals surface area contributed by atoms with Gasteiger partial charge in [-0.2, -0.15) is 11.8 Å². The van der Waals surface area contributed by atoms with Crippen LogP contribution in [0.15, 0.2) is 15.9 Å². The predicted molar refractivity (Wildman–Crippen MR) is 71.8 cm³/mol. The minimum absolute atomic E-state index is 0.0798. The van der Waals surface area contributed by atoms with Crippen LogP contribution in [-0.4, -0.2) is 21.7 Å². The molecule has 4 heteroatoms. The summed E-state index contributed by atoms with van der Waals surface area (Å²) in [6.45, 7) is 2.19. The first-order valence-electron chi connectivity index (χ1n) is 5.15. The Labute approximate surface area is 107 Å². The van der Waals surface area contributed by atoms with Crippen LogP contribution in [0.1, 0.15) is 24.6 Å². The van der Waals surface area contributed by atoms with Crippen molar-refractivity contribution in [2.24, 2.45) is 0 Å². The molecule has 15 heavy (non-hydrogen) atoms. The van der Waals surface area contributed by atoms with E-state index >= 15 is 0 Å². The highest BCUT2D eigenvalue weighted by Gasteiger charge is 2.36. The zero-order valence-corrected chi connectivity index (χ0v) is 11.9. The smallest absolute Gasteiger partial charge is 0.0732 e. The van der Waals surface area contributed by atoms with Crippen molar-refractivity contribution in [1.29, 1.82) is 0 Å². The SMILES string of the molecule is CC1(C(O)Cc2cc(Br)cs2)CCCS1. The summed E-state index contributed by atoms with van der Waals surface area (Å²) >= 11 is 7.08. The molecule has 0 amide bonds. The third-order valence-corrected chi connectivity index (χ3v) is 6.32. The van der Waals surface area contributed by atoms with E-state index in [-0.39, 0.29) is 10.9 Å².